The van der Waals surface area contributed by atoms with Gasteiger partial charge in [0.05, 0.1) is 6.54 Å². The lowest BCUT2D eigenvalue weighted by atomic mass is 10.2. The molecule has 1 aromatic carbocycles. The molecule has 0 aromatic heterocycles. The van der Waals surface area contributed by atoms with Crippen molar-refractivity contribution in [2.75, 3.05) is 18.9 Å². The lowest BCUT2D eigenvalue weighted by molar-refractivity contribution is -0.253. The van der Waals surface area contributed by atoms with Gasteiger partial charge in [0.1, 0.15) is 6.61 Å². The summed E-state index contributed by atoms with van der Waals surface area (Å²) in [5.41, 5.74) is 1.37. The Balaban J connectivity index is 2.42. The fraction of sp³-hybridized carbons (Fsp3) is 0.273. The predicted molar refractivity (Wildman–Crippen MR) is 64.9 cm³/mol. The molecule has 7 heteroatoms. The van der Waals surface area contributed by atoms with Gasteiger partial charge in [0.15, 0.2) is 0 Å². The Morgan fingerprint density at radius 1 is 1.28 bits per heavy atom. The quantitative estimate of drug-likeness (QED) is 0.454. The van der Waals surface area contributed by atoms with Gasteiger partial charge in [-0.05, 0) is 17.7 Å². The molecule has 0 heterocycles. The van der Waals surface area contributed by atoms with E-state index in [1.54, 1.807) is 24.3 Å². The van der Waals surface area contributed by atoms with E-state index < -0.39 is 6.03 Å². The standard InChI is InChI=1S/C11H15N3O4/c1-12-11(16)13-6-10(15)14-9-4-2-8(3-5-9)7-18-17/h2-5,17H,6-7H2,1H3,(H,14,15)(H2,12,13,16). The Morgan fingerprint density at radius 3 is 2.50 bits per heavy atom. The first-order valence-corrected chi connectivity index (χ1v) is 5.26. The summed E-state index contributed by atoms with van der Waals surface area (Å²) in [6.07, 6.45) is 0. The first-order valence-electron chi connectivity index (χ1n) is 5.26. The summed E-state index contributed by atoms with van der Waals surface area (Å²) >= 11 is 0. The molecule has 98 valence electrons. The second kappa shape index (κ2) is 7.25. The maximum Gasteiger partial charge on any atom is 0.314 e. The number of amides is 3. The van der Waals surface area contributed by atoms with Crippen LogP contribution in [0.3, 0.4) is 0 Å². The lowest BCUT2D eigenvalue weighted by Gasteiger charge is -2.07. The van der Waals surface area contributed by atoms with Crippen LogP contribution in [-0.2, 0) is 16.3 Å². The van der Waals surface area contributed by atoms with E-state index in [-0.39, 0.29) is 19.1 Å². The molecule has 0 spiro atoms. The van der Waals surface area contributed by atoms with Crippen molar-refractivity contribution in [3.8, 4) is 0 Å². The predicted octanol–water partition coefficient (Wildman–Crippen LogP) is 0.544. The van der Waals surface area contributed by atoms with E-state index in [0.29, 0.717) is 5.69 Å². The number of carbonyl (C=O) groups excluding carboxylic acids is 2. The van der Waals surface area contributed by atoms with Crippen LogP contribution < -0.4 is 16.0 Å². The molecule has 4 N–H and O–H groups in total. The summed E-state index contributed by atoms with van der Waals surface area (Å²) in [6.45, 7) is -0.0202. The van der Waals surface area contributed by atoms with E-state index in [4.69, 9.17) is 5.26 Å². The van der Waals surface area contributed by atoms with E-state index >= 15 is 0 Å². The SMILES string of the molecule is CNC(=O)NCC(=O)Nc1ccc(COO)cc1. The number of rotatable bonds is 5. The van der Waals surface area contributed by atoms with Crippen LogP contribution in [-0.4, -0.2) is 30.8 Å². The van der Waals surface area contributed by atoms with Gasteiger partial charge in [0, 0.05) is 12.7 Å². The normalized spacial score (nSPS) is 9.67. The fourth-order valence-corrected chi connectivity index (χ4v) is 1.21. The van der Waals surface area contributed by atoms with Gasteiger partial charge in [0.25, 0.3) is 0 Å². The molecule has 0 unspecified atom stereocenters. The van der Waals surface area contributed by atoms with Crippen LogP contribution >= 0.6 is 0 Å². The molecule has 18 heavy (non-hydrogen) atoms. The van der Waals surface area contributed by atoms with Gasteiger partial charge in [0.2, 0.25) is 5.91 Å². The number of benzene rings is 1. The summed E-state index contributed by atoms with van der Waals surface area (Å²) < 4.78 is 0. The molecule has 3 amide bonds. The van der Waals surface area contributed by atoms with Crippen LogP contribution in [0.15, 0.2) is 24.3 Å². The molecule has 1 aromatic rings. The van der Waals surface area contributed by atoms with E-state index in [0.717, 1.165) is 5.56 Å². The van der Waals surface area contributed by atoms with Gasteiger partial charge in [-0.15, -0.1) is 0 Å². The summed E-state index contributed by atoms with van der Waals surface area (Å²) in [7, 11) is 1.47. The Labute approximate surface area is 104 Å². The highest BCUT2D eigenvalue weighted by molar-refractivity contribution is 5.94. The first-order chi connectivity index (χ1) is 8.65. The van der Waals surface area contributed by atoms with Crippen molar-refractivity contribution < 1.29 is 19.7 Å². The molecule has 0 saturated carbocycles. The molecule has 0 bridgehead atoms. The number of hydrogen-bond donors (Lipinski definition) is 4. The number of carbonyl (C=O) groups is 2. The minimum atomic E-state index is -0.416. The molecular formula is C11H15N3O4. The maximum atomic E-state index is 11.4. The Hall–Kier alpha value is -2.12. The molecule has 0 aliphatic rings. The van der Waals surface area contributed by atoms with Crippen LogP contribution in [0.4, 0.5) is 10.5 Å². The van der Waals surface area contributed by atoms with Crippen molar-refractivity contribution in [3.05, 3.63) is 29.8 Å². The molecule has 0 aliphatic heterocycles. The summed E-state index contributed by atoms with van der Waals surface area (Å²) in [5.74, 6) is -0.329. The van der Waals surface area contributed by atoms with E-state index in [1.165, 1.54) is 7.05 Å². The van der Waals surface area contributed by atoms with Crippen molar-refractivity contribution in [1.29, 1.82) is 0 Å². The minimum Gasteiger partial charge on any atom is -0.341 e. The van der Waals surface area contributed by atoms with Gasteiger partial charge in [-0.1, -0.05) is 12.1 Å². The second-order valence-electron chi connectivity index (χ2n) is 3.45. The minimum absolute atomic E-state index is 0.0897. The first kappa shape index (κ1) is 13.9. The second-order valence-corrected chi connectivity index (χ2v) is 3.45. The third kappa shape index (κ3) is 4.81. The Morgan fingerprint density at radius 2 is 1.94 bits per heavy atom. The topological polar surface area (TPSA) is 99.7 Å². The molecule has 0 aliphatic carbocycles. The van der Waals surface area contributed by atoms with E-state index in [2.05, 4.69) is 20.8 Å². The number of hydrogen-bond acceptors (Lipinski definition) is 4. The maximum absolute atomic E-state index is 11.4. The zero-order valence-electron chi connectivity index (χ0n) is 9.90. The molecule has 0 fully saturated rings. The Kier molecular flexibility index (Phi) is 5.62. The van der Waals surface area contributed by atoms with Gasteiger partial charge in [-0.2, -0.15) is 0 Å². The molecule has 0 atom stereocenters. The number of anilines is 1. The fourth-order valence-electron chi connectivity index (χ4n) is 1.21. The van der Waals surface area contributed by atoms with Crippen LogP contribution in [0.1, 0.15) is 5.56 Å². The van der Waals surface area contributed by atoms with E-state index in [1.807, 2.05) is 0 Å². The number of urea groups is 1. The van der Waals surface area contributed by atoms with E-state index in [9.17, 15) is 9.59 Å². The zero-order valence-corrected chi connectivity index (χ0v) is 9.90. The molecular weight excluding hydrogens is 238 g/mol. The van der Waals surface area contributed by atoms with Gasteiger partial charge < -0.3 is 16.0 Å². The average molecular weight is 253 g/mol. The van der Waals surface area contributed by atoms with Crippen LogP contribution in [0, 0.1) is 0 Å². The van der Waals surface area contributed by atoms with Gasteiger partial charge in [-0.3, -0.25) is 10.1 Å². The van der Waals surface area contributed by atoms with Crippen LogP contribution in [0.2, 0.25) is 0 Å². The molecule has 0 radical (unpaired) electrons. The summed E-state index contributed by atoms with van der Waals surface area (Å²) in [6, 6.07) is 6.34. The van der Waals surface area contributed by atoms with Crippen molar-refractivity contribution in [3.63, 3.8) is 0 Å². The third-order valence-electron chi connectivity index (χ3n) is 2.11. The summed E-state index contributed by atoms with van der Waals surface area (Å²) in [4.78, 5) is 26.3. The Bertz CT molecular complexity index is 405. The highest BCUT2D eigenvalue weighted by atomic mass is 17.1. The molecule has 7 nitrogen and oxygen atoms in total. The monoisotopic (exact) mass is 253 g/mol. The lowest BCUT2D eigenvalue weighted by Crippen LogP contribution is -2.38. The van der Waals surface area contributed by atoms with Crippen molar-refractivity contribution in [1.82, 2.24) is 10.6 Å². The average Bonchev–Trinajstić information content (AvgIpc) is 2.38. The molecule has 0 saturated heterocycles. The summed E-state index contributed by atoms with van der Waals surface area (Å²) in [5, 5.41) is 15.6. The third-order valence-corrected chi connectivity index (χ3v) is 2.11. The van der Waals surface area contributed by atoms with Gasteiger partial charge >= 0.3 is 6.03 Å². The highest BCUT2D eigenvalue weighted by Crippen LogP contribution is 2.09. The van der Waals surface area contributed by atoms with Crippen molar-refractivity contribution in [2.45, 2.75) is 6.61 Å². The largest absolute Gasteiger partial charge is 0.341 e. The van der Waals surface area contributed by atoms with Crippen LogP contribution in [0.25, 0.3) is 0 Å². The number of nitrogens with one attached hydrogen (secondary N) is 3. The zero-order chi connectivity index (χ0) is 13.4. The highest BCUT2D eigenvalue weighted by Gasteiger charge is 2.04. The molecule has 1 rings (SSSR count). The van der Waals surface area contributed by atoms with Gasteiger partial charge in [-0.25, -0.2) is 9.68 Å². The van der Waals surface area contributed by atoms with Crippen LogP contribution in [0.5, 0.6) is 0 Å². The smallest absolute Gasteiger partial charge is 0.314 e. The van der Waals surface area contributed by atoms with Crippen molar-refractivity contribution >= 4 is 17.6 Å². The van der Waals surface area contributed by atoms with Crippen molar-refractivity contribution in [2.24, 2.45) is 0 Å².